The summed E-state index contributed by atoms with van der Waals surface area (Å²) >= 11 is 3.13. The van der Waals surface area contributed by atoms with Gasteiger partial charge in [0.15, 0.2) is 0 Å². The van der Waals surface area contributed by atoms with Crippen molar-refractivity contribution in [3.8, 4) is 0 Å². The van der Waals surface area contributed by atoms with E-state index in [0.717, 1.165) is 5.56 Å². The summed E-state index contributed by atoms with van der Waals surface area (Å²) in [5.41, 5.74) is 5.73. The lowest BCUT2D eigenvalue weighted by atomic mass is 10.00. The molecule has 3 N–H and O–H groups in total. The predicted molar refractivity (Wildman–Crippen MR) is 68.8 cm³/mol. The van der Waals surface area contributed by atoms with Crippen LogP contribution < -0.4 is 11.1 Å². The molecular formula is C12H16BrFN2O. The number of amides is 1. The summed E-state index contributed by atoms with van der Waals surface area (Å²) in [5, 5.41) is 3.21. The van der Waals surface area contributed by atoms with Gasteiger partial charge < -0.3 is 11.1 Å². The van der Waals surface area contributed by atoms with Crippen LogP contribution in [0.4, 0.5) is 4.39 Å². The third kappa shape index (κ3) is 4.83. The maximum atomic E-state index is 13.0. The number of carbonyl (C=O) groups is 1. The molecule has 1 amide bonds. The highest BCUT2D eigenvalue weighted by Gasteiger charge is 2.19. The van der Waals surface area contributed by atoms with Crippen molar-refractivity contribution in [3.05, 3.63) is 34.1 Å². The Labute approximate surface area is 109 Å². The zero-order valence-electron chi connectivity index (χ0n) is 9.89. The number of rotatable bonds is 5. The predicted octanol–water partition coefficient (Wildman–Crippen LogP) is 2.33. The van der Waals surface area contributed by atoms with E-state index < -0.39 is 0 Å². The molecule has 0 aliphatic carbocycles. The second-order valence-electron chi connectivity index (χ2n) is 4.63. The first kappa shape index (κ1) is 14.1. The summed E-state index contributed by atoms with van der Waals surface area (Å²) in [7, 11) is 0. The molecule has 0 heterocycles. The fourth-order valence-corrected chi connectivity index (χ4v) is 1.92. The molecule has 0 unspecified atom stereocenters. The highest BCUT2D eigenvalue weighted by Crippen LogP contribution is 2.17. The average molecular weight is 303 g/mol. The molecule has 1 rings (SSSR count). The van der Waals surface area contributed by atoms with Crippen LogP contribution in [-0.4, -0.2) is 11.4 Å². The molecule has 0 radical (unpaired) electrons. The van der Waals surface area contributed by atoms with Gasteiger partial charge >= 0.3 is 0 Å². The van der Waals surface area contributed by atoms with Crippen molar-refractivity contribution < 1.29 is 9.18 Å². The number of hydrogen-bond acceptors (Lipinski definition) is 2. The van der Waals surface area contributed by atoms with Crippen LogP contribution in [0.2, 0.25) is 0 Å². The quantitative estimate of drug-likeness (QED) is 0.877. The molecule has 3 nitrogen and oxygen atoms in total. The van der Waals surface area contributed by atoms with E-state index in [0.29, 0.717) is 11.0 Å². The van der Waals surface area contributed by atoms with Gasteiger partial charge in [0.2, 0.25) is 5.91 Å². The minimum Gasteiger partial charge on any atom is -0.370 e. The van der Waals surface area contributed by atoms with Crippen molar-refractivity contribution in [2.24, 2.45) is 5.73 Å². The van der Waals surface area contributed by atoms with Crippen LogP contribution in [0.15, 0.2) is 22.7 Å². The third-order valence-corrected chi connectivity index (χ3v) is 2.98. The normalized spacial score (nSPS) is 11.5. The van der Waals surface area contributed by atoms with Gasteiger partial charge in [-0.2, -0.15) is 0 Å². The number of nitrogens with two attached hydrogens (primary N) is 1. The molecule has 17 heavy (non-hydrogen) atoms. The van der Waals surface area contributed by atoms with E-state index in [4.69, 9.17) is 5.73 Å². The van der Waals surface area contributed by atoms with Crippen molar-refractivity contribution in [1.82, 2.24) is 5.32 Å². The van der Waals surface area contributed by atoms with E-state index in [1.807, 2.05) is 13.8 Å². The lowest BCUT2D eigenvalue weighted by molar-refractivity contribution is -0.119. The summed E-state index contributed by atoms with van der Waals surface area (Å²) < 4.78 is 13.5. The Morgan fingerprint density at radius 2 is 2.18 bits per heavy atom. The highest BCUT2D eigenvalue weighted by molar-refractivity contribution is 9.10. The Hall–Kier alpha value is -0.940. The summed E-state index contributed by atoms with van der Waals surface area (Å²) in [4.78, 5) is 10.9. The Morgan fingerprint density at radius 3 is 2.71 bits per heavy atom. The van der Waals surface area contributed by atoms with Gasteiger partial charge in [0.1, 0.15) is 5.82 Å². The first-order valence-corrected chi connectivity index (χ1v) is 6.07. The number of halogens is 2. The van der Waals surface area contributed by atoms with E-state index in [1.54, 1.807) is 12.1 Å². The first-order chi connectivity index (χ1) is 7.80. The number of carbonyl (C=O) groups excluding carboxylic acids is 1. The van der Waals surface area contributed by atoms with Gasteiger partial charge in [0.05, 0.1) is 4.47 Å². The average Bonchev–Trinajstić information content (AvgIpc) is 2.18. The molecule has 0 aliphatic heterocycles. The van der Waals surface area contributed by atoms with Gasteiger partial charge in [-0.05, 0) is 47.5 Å². The highest BCUT2D eigenvalue weighted by atomic mass is 79.9. The number of hydrogen-bond donors (Lipinski definition) is 2. The van der Waals surface area contributed by atoms with Crippen LogP contribution >= 0.6 is 15.9 Å². The monoisotopic (exact) mass is 302 g/mol. The standard InChI is InChI=1S/C12H16BrFN2O/c1-12(2,6-11(15)17)16-7-8-3-4-10(14)9(13)5-8/h3-5,16H,6-7H2,1-2H3,(H2,15,17). The van der Waals surface area contributed by atoms with Gasteiger partial charge in [-0.1, -0.05) is 6.07 Å². The molecular weight excluding hydrogens is 287 g/mol. The van der Waals surface area contributed by atoms with E-state index in [9.17, 15) is 9.18 Å². The van der Waals surface area contributed by atoms with Crippen LogP contribution in [0.3, 0.4) is 0 Å². The molecule has 1 aromatic rings. The molecule has 0 bridgehead atoms. The molecule has 0 saturated heterocycles. The third-order valence-electron chi connectivity index (χ3n) is 2.37. The van der Waals surface area contributed by atoms with E-state index >= 15 is 0 Å². The smallest absolute Gasteiger partial charge is 0.219 e. The van der Waals surface area contributed by atoms with Gasteiger partial charge in [0.25, 0.3) is 0 Å². The second kappa shape index (κ2) is 5.60. The van der Waals surface area contributed by atoms with Gasteiger partial charge in [0, 0.05) is 18.5 Å². The summed E-state index contributed by atoms with van der Waals surface area (Å²) in [5.74, 6) is -0.632. The molecule has 1 aromatic carbocycles. The molecule has 0 fully saturated rings. The number of primary amides is 1. The van der Waals surface area contributed by atoms with Crippen LogP contribution in [0.5, 0.6) is 0 Å². The van der Waals surface area contributed by atoms with Crippen LogP contribution in [-0.2, 0) is 11.3 Å². The number of benzene rings is 1. The lowest BCUT2D eigenvalue weighted by Gasteiger charge is -2.25. The Balaban J connectivity index is 2.60. The van der Waals surface area contributed by atoms with E-state index in [-0.39, 0.29) is 23.7 Å². The van der Waals surface area contributed by atoms with Crippen molar-refractivity contribution in [2.75, 3.05) is 0 Å². The molecule has 0 atom stereocenters. The fraction of sp³-hybridized carbons (Fsp3) is 0.417. The Kier molecular flexibility index (Phi) is 4.65. The zero-order chi connectivity index (χ0) is 13.1. The topological polar surface area (TPSA) is 55.1 Å². The maximum absolute atomic E-state index is 13.0. The van der Waals surface area contributed by atoms with Gasteiger partial charge in [-0.15, -0.1) is 0 Å². The molecule has 94 valence electrons. The molecule has 0 spiro atoms. The molecule has 0 aromatic heterocycles. The van der Waals surface area contributed by atoms with Crippen molar-refractivity contribution in [2.45, 2.75) is 32.4 Å². The van der Waals surface area contributed by atoms with Gasteiger partial charge in [-0.25, -0.2) is 4.39 Å². The maximum Gasteiger partial charge on any atom is 0.219 e. The minimum absolute atomic E-state index is 0.259. The fourth-order valence-electron chi connectivity index (χ4n) is 1.49. The molecule has 0 saturated carbocycles. The largest absolute Gasteiger partial charge is 0.370 e. The van der Waals surface area contributed by atoms with Gasteiger partial charge in [-0.3, -0.25) is 4.79 Å². The molecule has 0 aliphatic rings. The molecule has 5 heteroatoms. The van der Waals surface area contributed by atoms with E-state index in [2.05, 4.69) is 21.2 Å². The van der Waals surface area contributed by atoms with Crippen molar-refractivity contribution >= 4 is 21.8 Å². The Morgan fingerprint density at radius 1 is 1.53 bits per heavy atom. The lowest BCUT2D eigenvalue weighted by Crippen LogP contribution is -2.42. The van der Waals surface area contributed by atoms with Crippen LogP contribution in [0.1, 0.15) is 25.8 Å². The summed E-state index contributed by atoms with van der Waals surface area (Å²) in [6, 6.07) is 4.82. The van der Waals surface area contributed by atoms with E-state index in [1.165, 1.54) is 6.07 Å². The summed E-state index contributed by atoms with van der Waals surface area (Å²) in [6.45, 7) is 4.35. The number of nitrogens with one attached hydrogen (secondary N) is 1. The van der Waals surface area contributed by atoms with Crippen LogP contribution in [0.25, 0.3) is 0 Å². The SMILES string of the molecule is CC(C)(CC(N)=O)NCc1ccc(F)c(Br)c1. The zero-order valence-corrected chi connectivity index (χ0v) is 11.5. The minimum atomic E-state index is -0.368. The summed E-state index contributed by atoms with van der Waals surface area (Å²) in [6.07, 6.45) is 0.259. The second-order valence-corrected chi connectivity index (χ2v) is 5.48. The first-order valence-electron chi connectivity index (χ1n) is 5.27. The van der Waals surface area contributed by atoms with Crippen LogP contribution in [0, 0.1) is 5.82 Å². The Bertz CT molecular complexity index is 421. The van der Waals surface area contributed by atoms with Crippen molar-refractivity contribution in [3.63, 3.8) is 0 Å². The van der Waals surface area contributed by atoms with Crippen molar-refractivity contribution in [1.29, 1.82) is 0 Å².